The Morgan fingerprint density at radius 2 is 1.89 bits per heavy atom. The van der Waals surface area contributed by atoms with Gasteiger partial charge in [0.15, 0.2) is 0 Å². The van der Waals surface area contributed by atoms with Crippen LogP contribution < -0.4 is 5.32 Å². The molecule has 0 radical (unpaired) electrons. The van der Waals surface area contributed by atoms with Crippen LogP contribution in [0.5, 0.6) is 0 Å². The topological polar surface area (TPSA) is 24.9 Å². The fourth-order valence-electron chi connectivity index (χ4n) is 2.14. The Balaban J connectivity index is 2.09. The molecule has 1 unspecified atom stereocenters. The summed E-state index contributed by atoms with van der Waals surface area (Å²) in [7, 11) is 0. The normalized spacial score (nSPS) is 12.7. The van der Waals surface area contributed by atoms with Crippen molar-refractivity contribution in [2.45, 2.75) is 40.3 Å². The van der Waals surface area contributed by atoms with Crippen molar-refractivity contribution in [2.24, 2.45) is 0 Å². The Labute approximate surface area is 113 Å². The van der Waals surface area contributed by atoms with Crippen molar-refractivity contribution in [2.75, 3.05) is 0 Å². The average Bonchev–Trinajstić information content (AvgIpc) is 2.84. The maximum Gasteiger partial charge on any atom is 0.0795 e. The van der Waals surface area contributed by atoms with Crippen LogP contribution in [0.4, 0.5) is 0 Å². The van der Waals surface area contributed by atoms with Crippen molar-refractivity contribution in [3.8, 4) is 0 Å². The number of rotatable bonds is 4. The molecule has 2 aromatic rings. The molecule has 96 valence electrons. The number of aromatic nitrogens is 1. The molecule has 0 saturated heterocycles. The second-order valence-electron chi connectivity index (χ2n) is 4.88. The molecule has 3 heteroatoms. The molecule has 2 nitrogen and oxygen atoms in total. The molecule has 0 amide bonds. The molecule has 0 aliphatic heterocycles. The van der Waals surface area contributed by atoms with Crippen LogP contribution in [0.25, 0.3) is 0 Å². The summed E-state index contributed by atoms with van der Waals surface area (Å²) in [5, 5.41) is 5.62. The van der Waals surface area contributed by atoms with E-state index < -0.39 is 0 Å². The minimum Gasteiger partial charge on any atom is -0.305 e. The van der Waals surface area contributed by atoms with Crippen molar-refractivity contribution in [1.82, 2.24) is 10.3 Å². The third-order valence-electron chi connectivity index (χ3n) is 3.42. The fourth-order valence-corrected chi connectivity index (χ4v) is 2.70. The Kier molecular flexibility index (Phi) is 4.15. The van der Waals surface area contributed by atoms with Gasteiger partial charge in [0.05, 0.1) is 11.2 Å². The first-order chi connectivity index (χ1) is 8.58. The van der Waals surface area contributed by atoms with E-state index in [1.54, 1.807) is 11.3 Å². The summed E-state index contributed by atoms with van der Waals surface area (Å²) in [4.78, 5) is 4.29. The van der Waals surface area contributed by atoms with Gasteiger partial charge in [0, 0.05) is 18.0 Å². The highest BCUT2D eigenvalue weighted by Crippen LogP contribution is 2.21. The number of aryl methyl sites for hydroxylation is 3. The van der Waals surface area contributed by atoms with Gasteiger partial charge in [-0.3, -0.25) is 0 Å². The summed E-state index contributed by atoms with van der Waals surface area (Å²) in [6, 6.07) is 4.92. The van der Waals surface area contributed by atoms with Crippen LogP contribution in [0.2, 0.25) is 0 Å². The summed E-state index contributed by atoms with van der Waals surface area (Å²) in [5.74, 6) is 0. The molecule has 1 aromatic carbocycles. The molecule has 1 atom stereocenters. The zero-order chi connectivity index (χ0) is 13.1. The van der Waals surface area contributed by atoms with E-state index in [1.807, 2.05) is 5.51 Å². The van der Waals surface area contributed by atoms with Crippen LogP contribution >= 0.6 is 11.3 Å². The van der Waals surface area contributed by atoms with Crippen LogP contribution in [0, 0.1) is 20.8 Å². The molecule has 1 aromatic heterocycles. The van der Waals surface area contributed by atoms with Crippen LogP contribution in [0.1, 0.15) is 40.9 Å². The molecule has 0 bridgehead atoms. The van der Waals surface area contributed by atoms with Gasteiger partial charge in [0.25, 0.3) is 0 Å². The maximum absolute atomic E-state index is 4.29. The van der Waals surface area contributed by atoms with Gasteiger partial charge < -0.3 is 5.32 Å². The molecule has 2 rings (SSSR count). The largest absolute Gasteiger partial charge is 0.305 e. The lowest BCUT2D eigenvalue weighted by Crippen LogP contribution is -2.19. The molecule has 18 heavy (non-hydrogen) atoms. The third-order valence-corrected chi connectivity index (χ3v) is 4.06. The van der Waals surface area contributed by atoms with Gasteiger partial charge in [-0.15, -0.1) is 11.3 Å². The quantitative estimate of drug-likeness (QED) is 0.901. The summed E-state index contributed by atoms with van der Waals surface area (Å²) < 4.78 is 0. The van der Waals surface area contributed by atoms with Crippen LogP contribution in [-0.4, -0.2) is 4.98 Å². The Bertz CT molecular complexity index is 518. The van der Waals surface area contributed by atoms with Gasteiger partial charge in [-0.05, 0) is 49.9 Å². The van der Waals surface area contributed by atoms with Crippen molar-refractivity contribution in [3.63, 3.8) is 0 Å². The second-order valence-corrected chi connectivity index (χ2v) is 5.59. The predicted octanol–water partition coefficient (Wildman–Crippen LogP) is 3.92. The number of hydrogen-bond acceptors (Lipinski definition) is 3. The standard InChI is InChI=1S/C15H20N2S/c1-10-5-12(3)15(6-11(10)2)13(4)16-7-14-8-18-9-17-14/h5-6,8-9,13,16H,7H2,1-4H3. The molecule has 0 saturated carbocycles. The summed E-state index contributed by atoms with van der Waals surface area (Å²) in [6.07, 6.45) is 0. The van der Waals surface area contributed by atoms with Gasteiger partial charge in [-0.25, -0.2) is 4.98 Å². The summed E-state index contributed by atoms with van der Waals surface area (Å²) >= 11 is 1.64. The van der Waals surface area contributed by atoms with Crippen molar-refractivity contribution >= 4 is 11.3 Å². The van der Waals surface area contributed by atoms with Gasteiger partial charge in [0.2, 0.25) is 0 Å². The first-order valence-corrected chi connectivity index (χ1v) is 7.20. The lowest BCUT2D eigenvalue weighted by Gasteiger charge is -2.18. The Hall–Kier alpha value is -1.19. The lowest BCUT2D eigenvalue weighted by atomic mass is 9.96. The number of benzene rings is 1. The second kappa shape index (κ2) is 5.63. The van der Waals surface area contributed by atoms with E-state index in [1.165, 1.54) is 22.3 Å². The first kappa shape index (κ1) is 13.2. The van der Waals surface area contributed by atoms with E-state index in [2.05, 4.69) is 55.5 Å². The molecule has 1 heterocycles. The number of nitrogens with zero attached hydrogens (tertiary/aromatic N) is 1. The SMILES string of the molecule is Cc1cc(C)c(C(C)NCc2cscn2)cc1C. The predicted molar refractivity (Wildman–Crippen MR) is 78.0 cm³/mol. The molecule has 0 spiro atoms. The van der Waals surface area contributed by atoms with Crippen molar-refractivity contribution in [3.05, 3.63) is 51.0 Å². The fraction of sp³-hybridized carbons (Fsp3) is 0.400. The first-order valence-electron chi connectivity index (χ1n) is 6.26. The van der Waals surface area contributed by atoms with E-state index in [4.69, 9.17) is 0 Å². The monoisotopic (exact) mass is 260 g/mol. The third kappa shape index (κ3) is 2.98. The summed E-state index contributed by atoms with van der Waals surface area (Å²) in [6.45, 7) is 9.56. The number of thiazole rings is 1. The minimum absolute atomic E-state index is 0.353. The molecular formula is C15H20N2S. The Morgan fingerprint density at radius 1 is 1.17 bits per heavy atom. The van der Waals surface area contributed by atoms with Gasteiger partial charge in [-0.2, -0.15) is 0 Å². The van der Waals surface area contributed by atoms with Gasteiger partial charge >= 0.3 is 0 Å². The molecule has 0 aliphatic rings. The average molecular weight is 260 g/mol. The van der Waals surface area contributed by atoms with E-state index in [0.29, 0.717) is 6.04 Å². The maximum atomic E-state index is 4.29. The number of hydrogen-bond donors (Lipinski definition) is 1. The molecular weight excluding hydrogens is 240 g/mol. The van der Waals surface area contributed by atoms with Crippen LogP contribution in [-0.2, 0) is 6.54 Å². The zero-order valence-corrected chi connectivity index (χ0v) is 12.3. The van der Waals surface area contributed by atoms with Gasteiger partial charge in [-0.1, -0.05) is 12.1 Å². The van der Waals surface area contributed by atoms with E-state index in [-0.39, 0.29) is 0 Å². The highest BCUT2D eigenvalue weighted by molar-refractivity contribution is 7.07. The smallest absolute Gasteiger partial charge is 0.0795 e. The highest BCUT2D eigenvalue weighted by atomic mass is 32.1. The number of nitrogens with one attached hydrogen (secondary N) is 1. The molecule has 0 fully saturated rings. The minimum atomic E-state index is 0.353. The molecule has 1 N–H and O–H groups in total. The summed E-state index contributed by atoms with van der Waals surface area (Å²) in [5.41, 5.74) is 8.46. The van der Waals surface area contributed by atoms with E-state index in [0.717, 1.165) is 12.2 Å². The highest BCUT2D eigenvalue weighted by Gasteiger charge is 2.09. The van der Waals surface area contributed by atoms with Crippen molar-refractivity contribution < 1.29 is 0 Å². The van der Waals surface area contributed by atoms with Crippen LogP contribution in [0.15, 0.2) is 23.0 Å². The van der Waals surface area contributed by atoms with Gasteiger partial charge in [0.1, 0.15) is 0 Å². The molecule has 0 aliphatic carbocycles. The Morgan fingerprint density at radius 3 is 2.56 bits per heavy atom. The van der Waals surface area contributed by atoms with E-state index >= 15 is 0 Å². The van der Waals surface area contributed by atoms with Crippen LogP contribution in [0.3, 0.4) is 0 Å². The van der Waals surface area contributed by atoms with E-state index in [9.17, 15) is 0 Å². The van der Waals surface area contributed by atoms with Crippen molar-refractivity contribution in [1.29, 1.82) is 0 Å². The zero-order valence-electron chi connectivity index (χ0n) is 11.4. The lowest BCUT2D eigenvalue weighted by molar-refractivity contribution is 0.566.